The van der Waals surface area contributed by atoms with Crippen molar-refractivity contribution in [1.29, 1.82) is 0 Å². The molecule has 0 bridgehead atoms. The first-order valence-corrected chi connectivity index (χ1v) is 5.65. The number of hydrogen-bond donors (Lipinski definition) is 2. The molecule has 16 heavy (non-hydrogen) atoms. The Balaban J connectivity index is 2.61. The summed E-state index contributed by atoms with van der Waals surface area (Å²) in [6, 6.07) is 0. The van der Waals surface area contributed by atoms with Crippen LogP contribution in [-0.2, 0) is 4.79 Å². The minimum atomic E-state index is -0.236. The fraction of sp³-hybridized carbons (Fsp3) is 0.429. The van der Waals surface area contributed by atoms with E-state index in [0.29, 0.717) is 11.6 Å². The van der Waals surface area contributed by atoms with Gasteiger partial charge in [-0.1, -0.05) is 28.5 Å². The van der Waals surface area contributed by atoms with Crippen LogP contribution in [0.2, 0.25) is 0 Å². The molecule has 0 saturated heterocycles. The highest BCUT2D eigenvalue weighted by molar-refractivity contribution is 8.00. The van der Waals surface area contributed by atoms with E-state index < -0.39 is 0 Å². The Morgan fingerprint density at radius 1 is 1.69 bits per heavy atom. The van der Waals surface area contributed by atoms with Gasteiger partial charge in [-0.15, -0.1) is 0 Å². The lowest BCUT2D eigenvalue weighted by Crippen LogP contribution is -2.24. The summed E-state index contributed by atoms with van der Waals surface area (Å²) >= 11 is 6.63. The van der Waals surface area contributed by atoms with Gasteiger partial charge in [0.1, 0.15) is 0 Å². The number of thioether (sulfide) groups is 1. The Bertz CT molecular complexity index is 395. The monoisotopic (exact) mass is 264 g/mol. The first-order valence-electron chi connectivity index (χ1n) is 4.29. The zero-order valence-electron chi connectivity index (χ0n) is 8.31. The Morgan fingerprint density at radius 3 is 3.06 bits per heavy atom. The van der Waals surface area contributed by atoms with Crippen molar-refractivity contribution in [2.45, 2.75) is 11.9 Å². The summed E-state index contributed by atoms with van der Waals surface area (Å²) in [4.78, 5) is 11.2. The maximum Gasteiger partial charge on any atom is 0.230 e. The molecular formula is C7H9ClN4O3S. The van der Waals surface area contributed by atoms with E-state index in [4.69, 9.17) is 16.8 Å². The van der Waals surface area contributed by atoms with E-state index in [1.165, 1.54) is 0 Å². The molecule has 0 atom stereocenters. The molecule has 1 rings (SSSR count). The molecule has 2 N–H and O–H groups in total. The van der Waals surface area contributed by atoms with E-state index in [-0.39, 0.29) is 22.5 Å². The van der Waals surface area contributed by atoms with Crippen molar-refractivity contribution >= 4 is 34.4 Å². The number of amides is 1. The van der Waals surface area contributed by atoms with Gasteiger partial charge in [-0.05, 0) is 17.2 Å². The molecule has 9 heteroatoms. The second-order valence-corrected chi connectivity index (χ2v) is 3.87. The summed E-state index contributed by atoms with van der Waals surface area (Å²) in [6.45, 7) is 2.38. The van der Waals surface area contributed by atoms with Crippen LogP contribution in [0.4, 0.5) is 0 Å². The largest absolute Gasteiger partial charge is 0.410 e. The van der Waals surface area contributed by atoms with Crippen molar-refractivity contribution in [2.24, 2.45) is 5.16 Å². The number of nitrogens with zero attached hydrogens (tertiary/aromatic N) is 3. The highest BCUT2D eigenvalue weighted by Crippen LogP contribution is 2.20. The Morgan fingerprint density at radius 2 is 2.44 bits per heavy atom. The van der Waals surface area contributed by atoms with Crippen molar-refractivity contribution in [2.75, 3.05) is 12.3 Å². The molecule has 0 radical (unpaired) electrons. The second kappa shape index (κ2) is 6.33. The normalized spacial score (nSPS) is 11.5. The highest BCUT2D eigenvalue weighted by Gasteiger charge is 2.16. The molecule has 0 spiro atoms. The highest BCUT2D eigenvalue weighted by atomic mass is 35.5. The third-order valence-corrected chi connectivity index (χ3v) is 2.66. The quantitative estimate of drug-likeness (QED) is 0.351. The van der Waals surface area contributed by atoms with Gasteiger partial charge in [0.05, 0.1) is 5.75 Å². The zero-order valence-corrected chi connectivity index (χ0v) is 9.88. The van der Waals surface area contributed by atoms with Crippen molar-refractivity contribution in [3.8, 4) is 0 Å². The molecule has 0 aliphatic rings. The lowest BCUT2D eigenvalue weighted by molar-refractivity contribution is -0.118. The van der Waals surface area contributed by atoms with E-state index in [0.717, 1.165) is 11.8 Å². The molecule has 1 heterocycles. The van der Waals surface area contributed by atoms with Gasteiger partial charge in [-0.25, -0.2) is 4.63 Å². The Kier molecular flexibility index (Phi) is 5.06. The molecule has 1 amide bonds. The third-order valence-electron chi connectivity index (χ3n) is 1.46. The standard InChI is InChI=1S/C7H9ClN4O3S/c1-2-9-4(13)3-16-7-5(6(8)10-14)11-15-12-7/h14H,2-3H2,1H3,(H,9,13)/b10-6-. The number of rotatable bonds is 5. The predicted octanol–water partition coefficient (Wildman–Crippen LogP) is 0.672. The van der Waals surface area contributed by atoms with Crippen LogP contribution in [-0.4, -0.2) is 38.9 Å². The van der Waals surface area contributed by atoms with Crippen LogP contribution in [0, 0.1) is 0 Å². The molecule has 0 saturated carbocycles. The van der Waals surface area contributed by atoms with Gasteiger partial charge in [-0.3, -0.25) is 4.79 Å². The Hall–Kier alpha value is -1.28. The van der Waals surface area contributed by atoms with Crippen LogP contribution in [0.15, 0.2) is 14.8 Å². The number of oxime groups is 1. The van der Waals surface area contributed by atoms with E-state index in [1.54, 1.807) is 0 Å². The van der Waals surface area contributed by atoms with Crippen LogP contribution >= 0.6 is 23.4 Å². The molecule has 88 valence electrons. The lowest BCUT2D eigenvalue weighted by Gasteiger charge is -1.99. The number of hydrogen-bond acceptors (Lipinski definition) is 7. The summed E-state index contributed by atoms with van der Waals surface area (Å²) in [7, 11) is 0. The first-order chi connectivity index (χ1) is 7.69. The molecule has 0 aliphatic heterocycles. The van der Waals surface area contributed by atoms with Crippen molar-refractivity contribution < 1.29 is 14.6 Å². The second-order valence-electron chi connectivity index (χ2n) is 2.55. The molecular weight excluding hydrogens is 256 g/mol. The number of aromatic nitrogens is 2. The van der Waals surface area contributed by atoms with Gasteiger partial charge < -0.3 is 10.5 Å². The van der Waals surface area contributed by atoms with Gasteiger partial charge in [0.2, 0.25) is 5.91 Å². The fourth-order valence-electron chi connectivity index (χ4n) is 0.831. The van der Waals surface area contributed by atoms with Gasteiger partial charge in [-0.2, -0.15) is 0 Å². The lowest BCUT2D eigenvalue weighted by atomic mass is 10.5. The van der Waals surface area contributed by atoms with Crippen LogP contribution in [0.1, 0.15) is 12.6 Å². The average Bonchev–Trinajstić information content (AvgIpc) is 2.74. The topological polar surface area (TPSA) is 101 Å². The Labute approximate surface area is 100 Å². The summed E-state index contributed by atoms with van der Waals surface area (Å²) in [6.07, 6.45) is 0. The van der Waals surface area contributed by atoms with Crippen molar-refractivity contribution in [3.63, 3.8) is 0 Å². The summed E-state index contributed by atoms with van der Waals surface area (Å²) in [5, 5.41) is 20.9. The molecule has 1 aromatic heterocycles. The molecule has 0 aliphatic carbocycles. The van der Waals surface area contributed by atoms with Gasteiger partial charge >= 0.3 is 0 Å². The average molecular weight is 265 g/mol. The van der Waals surface area contributed by atoms with E-state index >= 15 is 0 Å². The van der Waals surface area contributed by atoms with E-state index in [1.807, 2.05) is 6.92 Å². The number of carbonyl (C=O) groups is 1. The first kappa shape index (κ1) is 12.8. The number of nitrogens with one attached hydrogen (secondary N) is 1. The zero-order chi connectivity index (χ0) is 12.0. The predicted molar refractivity (Wildman–Crippen MR) is 57.9 cm³/mol. The summed E-state index contributed by atoms with van der Waals surface area (Å²) in [5.74, 6) is 0.0171. The van der Waals surface area contributed by atoms with Gasteiger partial charge in [0, 0.05) is 6.54 Å². The van der Waals surface area contributed by atoms with Gasteiger partial charge in [0.15, 0.2) is 15.9 Å². The maximum absolute atomic E-state index is 11.2. The van der Waals surface area contributed by atoms with Crippen LogP contribution < -0.4 is 5.32 Å². The molecule has 0 fully saturated rings. The fourth-order valence-corrected chi connectivity index (χ4v) is 1.74. The van der Waals surface area contributed by atoms with Crippen LogP contribution in [0.25, 0.3) is 0 Å². The third kappa shape index (κ3) is 3.38. The van der Waals surface area contributed by atoms with Gasteiger partial charge in [0.25, 0.3) is 0 Å². The minimum Gasteiger partial charge on any atom is -0.410 e. The maximum atomic E-state index is 11.2. The van der Waals surface area contributed by atoms with Crippen molar-refractivity contribution in [3.05, 3.63) is 5.69 Å². The van der Waals surface area contributed by atoms with Crippen molar-refractivity contribution in [1.82, 2.24) is 15.6 Å². The molecule has 7 nitrogen and oxygen atoms in total. The smallest absolute Gasteiger partial charge is 0.230 e. The number of halogens is 1. The molecule has 0 aromatic carbocycles. The summed E-state index contributed by atoms with van der Waals surface area (Å²) in [5.41, 5.74) is 0.110. The molecule has 0 unspecified atom stereocenters. The number of carbonyl (C=O) groups excluding carboxylic acids is 1. The minimum absolute atomic E-state index is 0.110. The van der Waals surface area contributed by atoms with Crippen LogP contribution in [0.3, 0.4) is 0 Å². The van der Waals surface area contributed by atoms with E-state index in [9.17, 15) is 4.79 Å². The summed E-state index contributed by atoms with van der Waals surface area (Å²) < 4.78 is 4.43. The molecule has 1 aromatic rings. The SMILES string of the molecule is CCNC(=O)CSc1nonc1/C(Cl)=N/O. The van der Waals surface area contributed by atoms with Crippen LogP contribution in [0.5, 0.6) is 0 Å². The van der Waals surface area contributed by atoms with E-state index in [2.05, 4.69) is 25.4 Å².